The van der Waals surface area contributed by atoms with E-state index in [2.05, 4.69) is 22.0 Å². The lowest BCUT2D eigenvalue weighted by molar-refractivity contribution is 0.101. The van der Waals surface area contributed by atoms with Crippen molar-refractivity contribution in [3.63, 3.8) is 0 Å². The number of para-hydroxylation sites is 1. The van der Waals surface area contributed by atoms with E-state index in [1.54, 1.807) is 12.1 Å². The largest absolute Gasteiger partial charge is 0.361 e. The zero-order valence-corrected chi connectivity index (χ0v) is 16.6. The molecule has 0 amide bonds. The molecule has 0 bridgehead atoms. The molecule has 1 aromatic heterocycles. The van der Waals surface area contributed by atoms with Gasteiger partial charge in [-0.3, -0.25) is 9.69 Å². The Balaban J connectivity index is 1.42. The van der Waals surface area contributed by atoms with Crippen molar-refractivity contribution in [2.45, 2.75) is 18.4 Å². The quantitative estimate of drug-likeness (QED) is 0.672. The zero-order chi connectivity index (χ0) is 19.7. The summed E-state index contributed by atoms with van der Waals surface area (Å²) < 4.78 is 27.3. The third kappa shape index (κ3) is 3.61. The molecule has 2 heterocycles. The first-order chi connectivity index (χ1) is 13.4. The van der Waals surface area contributed by atoms with Crippen LogP contribution in [0.1, 0.15) is 22.8 Å². The Kier molecular flexibility index (Phi) is 5.05. The van der Waals surface area contributed by atoms with E-state index >= 15 is 0 Å². The summed E-state index contributed by atoms with van der Waals surface area (Å²) in [4.78, 5) is 17.2. The average Bonchev–Trinajstić information content (AvgIpc) is 3.11. The number of rotatable bonds is 5. The number of piperazine rings is 1. The van der Waals surface area contributed by atoms with Crippen LogP contribution in [-0.4, -0.2) is 54.6 Å². The van der Waals surface area contributed by atoms with Gasteiger partial charge >= 0.3 is 0 Å². The Morgan fingerprint density at radius 2 is 1.68 bits per heavy atom. The van der Waals surface area contributed by atoms with Crippen molar-refractivity contribution in [2.75, 3.05) is 26.2 Å². The van der Waals surface area contributed by atoms with E-state index in [9.17, 15) is 13.2 Å². The van der Waals surface area contributed by atoms with Crippen LogP contribution >= 0.6 is 0 Å². The first-order valence-corrected chi connectivity index (χ1v) is 10.8. The van der Waals surface area contributed by atoms with Crippen LogP contribution in [0.2, 0.25) is 0 Å². The van der Waals surface area contributed by atoms with Crippen molar-refractivity contribution in [3.05, 3.63) is 65.9 Å². The number of hydrogen-bond donors (Lipinski definition) is 1. The fourth-order valence-electron chi connectivity index (χ4n) is 3.64. The van der Waals surface area contributed by atoms with Crippen molar-refractivity contribution in [1.29, 1.82) is 0 Å². The second-order valence-corrected chi connectivity index (χ2v) is 9.06. The number of aromatic amines is 1. The molecule has 2 aromatic carbocycles. The smallest absolute Gasteiger partial charge is 0.243 e. The van der Waals surface area contributed by atoms with E-state index < -0.39 is 10.0 Å². The van der Waals surface area contributed by atoms with Gasteiger partial charge in [-0.25, -0.2) is 8.42 Å². The van der Waals surface area contributed by atoms with Crippen molar-refractivity contribution < 1.29 is 13.2 Å². The molecule has 0 aliphatic carbocycles. The summed E-state index contributed by atoms with van der Waals surface area (Å²) in [6.45, 7) is 4.55. The fraction of sp³-hybridized carbons (Fsp3) is 0.286. The van der Waals surface area contributed by atoms with E-state index in [1.165, 1.54) is 34.3 Å². The summed E-state index contributed by atoms with van der Waals surface area (Å²) in [5.41, 5.74) is 2.86. The lowest BCUT2D eigenvalue weighted by Crippen LogP contribution is -2.48. The minimum Gasteiger partial charge on any atom is -0.361 e. The van der Waals surface area contributed by atoms with Gasteiger partial charge in [0.25, 0.3) is 0 Å². The number of nitrogens with zero attached hydrogens (tertiary/aromatic N) is 2. The molecule has 1 N–H and O–H groups in total. The minimum atomic E-state index is -3.54. The molecule has 7 heteroatoms. The highest BCUT2D eigenvalue weighted by Crippen LogP contribution is 2.22. The number of sulfonamides is 1. The molecule has 28 heavy (non-hydrogen) atoms. The lowest BCUT2D eigenvalue weighted by atomic mass is 10.1. The van der Waals surface area contributed by atoms with Crippen molar-refractivity contribution in [2.24, 2.45) is 0 Å². The average molecular weight is 398 g/mol. The van der Waals surface area contributed by atoms with Crippen molar-refractivity contribution in [1.82, 2.24) is 14.2 Å². The number of ketones is 1. The Labute approximate surface area is 164 Å². The first kappa shape index (κ1) is 18.9. The molecule has 6 nitrogen and oxygen atoms in total. The number of aromatic nitrogens is 1. The summed E-state index contributed by atoms with van der Waals surface area (Å²) in [6.07, 6.45) is 2.03. The second kappa shape index (κ2) is 7.50. The molecule has 3 aromatic rings. The van der Waals surface area contributed by atoms with Crippen molar-refractivity contribution in [3.8, 4) is 0 Å². The Bertz CT molecular complexity index is 1100. The predicted molar refractivity (Wildman–Crippen MR) is 109 cm³/mol. The molecular formula is C21H23N3O3S. The third-order valence-corrected chi connectivity index (χ3v) is 7.21. The maximum atomic E-state index is 12.9. The molecule has 0 spiro atoms. The van der Waals surface area contributed by atoms with E-state index in [0.717, 1.165) is 12.1 Å². The van der Waals surface area contributed by atoms with E-state index in [0.29, 0.717) is 31.7 Å². The predicted octanol–water partition coefficient (Wildman–Crippen LogP) is 2.88. The number of carbonyl (C=O) groups is 1. The third-order valence-electron chi connectivity index (χ3n) is 5.30. The van der Waals surface area contributed by atoms with Gasteiger partial charge in [0, 0.05) is 55.4 Å². The van der Waals surface area contributed by atoms with Crippen LogP contribution in [0, 0.1) is 0 Å². The summed E-state index contributed by atoms with van der Waals surface area (Å²) >= 11 is 0. The molecule has 4 rings (SSSR count). The Hall–Kier alpha value is -2.48. The van der Waals surface area contributed by atoms with Gasteiger partial charge in [0.2, 0.25) is 10.0 Å². The van der Waals surface area contributed by atoms with Crippen LogP contribution in [0.5, 0.6) is 0 Å². The van der Waals surface area contributed by atoms with Crippen LogP contribution in [0.15, 0.2) is 59.6 Å². The van der Waals surface area contributed by atoms with Gasteiger partial charge in [-0.2, -0.15) is 4.31 Å². The highest BCUT2D eigenvalue weighted by Gasteiger charge is 2.28. The minimum absolute atomic E-state index is 0.0742. The highest BCUT2D eigenvalue weighted by atomic mass is 32.2. The van der Waals surface area contributed by atoms with E-state index in [4.69, 9.17) is 0 Å². The lowest BCUT2D eigenvalue weighted by Gasteiger charge is -2.33. The standard InChI is InChI=1S/C21H23N3O3S/c1-16(25)17-6-8-19(9-7-17)28(26,27)24-12-10-23(11-13-24)15-18-14-22-21-5-3-2-4-20(18)21/h2-9,14,22H,10-13,15H2,1H3. The Morgan fingerprint density at radius 3 is 2.36 bits per heavy atom. The number of benzene rings is 2. The van der Waals surface area contributed by atoms with Gasteiger partial charge in [0.05, 0.1) is 4.90 Å². The molecule has 1 aliphatic rings. The Morgan fingerprint density at radius 1 is 1.00 bits per heavy atom. The number of H-pyrrole nitrogens is 1. The van der Waals surface area contributed by atoms with E-state index in [1.807, 2.05) is 18.3 Å². The second-order valence-electron chi connectivity index (χ2n) is 7.12. The zero-order valence-electron chi connectivity index (χ0n) is 15.8. The summed E-state index contributed by atoms with van der Waals surface area (Å²) in [5, 5.41) is 1.21. The van der Waals surface area contributed by atoms with Crippen LogP contribution in [0.3, 0.4) is 0 Å². The van der Waals surface area contributed by atoms with Crippen LogP contribution in [0.4, 0.5) is 0 Å². The van der Waals surface area contributed by atoms with E-state index in [-0.39, 0.29) is 10.7 Å². The molecule has 1 fully saturated rings. The van der Waals surface area contributed by atoms with Gasteiger partial charge < -0.3 is 4.98 Å². The molecule has 146 valence electrons. The first-order valence-electron chi connectivity index (χ1n) is 9.33. The topological polar surface area (TPSA) is 73.5 Å². The maximum absolute atomic E-state index is 12.9. The molecule has 0 atom stereocenters. The van der Waals surface area contributed by atoms with Gasteiger partial charge in [-0.1, -0.05) is 30.3 Å². The molecule has 1 aliphatic heterocycles. The van der Waals surface area contributed by atoms with Crippen LogP contribution in [0.25, 0.3) is 10.9 Å². The molecule has 1 saturated heterocycles. The number of Topliss-reactive ketones (excluding diaryl/α,β-unsaturated/α-hetero) is 1. The molecule has 0 radical (unpaired) electrons. The van der Waals surface area contributed by atoms with Gasteiger partial charge in [-0.15, -0.1) is 0 Å². The molecule has 0 saturated carbocycles. The monoisotopic (exact) mass is 397 g/mol. The maximum Gasteiger partial charge on any atom is 0.243 e. The number of hydrogen-bond acceptors (Lipinski definition) is 4. The molecule has 0 unspecified atom stereocenters. The van der Waals surface area contributed by atoms with Crippen molar-refractivity contribution >= 4 is 26.7 Å². The number of fused-ring (bicyclic) bond motifs is 1. The van der Waals surface area contributed by atoms with Gasteiger partial charge in [0.1, 0.15) is 0 Å². The highest BCUT2D eigenvalue weighted by molar-refractivity contribution is 7.89. The number of nitrogens with one attached hydrogen (secondary N) is 1. The summed E-state index contributed by atoms with van der Waals surface area (Å²) in [6, 6.07) is 14.4. The van der Waals surface area contributed by atoms with Gasteiger partial charge in [0.15, 0.2) is 5.78 Å². The summed E-state index contributed by atoms with van der Waals surface area (Å²) in [5.74, 6) is -0.0742. The van der Waals surface area contributed by atoms with Gasteiger partial charge in [-0.05, 0) is 30.7 Å². The number of carbonyl (C=O) groups excluding carboxylic acids is 1. The fourth-order valence-corrected chi connectivity index (χ4v) is 5.06. The summed E-state index contributed by atoms with van der Waals surface area (Å²) in [7, 11) is -3.54. The van der Waals surface area contributed by atoms with Crippen LogP contribution in [-0.2, 0) is 16.6 Å². The van der Waals surface area contributed by atoms with Crippen LogP contribution < -0.4 is 0 Å². The molecular weight excluding hydrogens is 374 g/mol. The SMILES string of the molecule is CC(=O)c1ccc(S(=O)(=O)N2CCN(Cc3c[nH]c4ccccc34)CC2)cc1. The normalized spacial score (nSPS) is 16.5.